The van der Waals surface area contributed by atoms with Gasteiger partial charge in [0.05, 0.1) is 12.1 Å². The van der Waals surface area contributed by atoms with Crippen molar-refractivity contribution in [2.75, 3.05) is 6.16 Å². The van der Waals surface area contributed by atoms with E-state index in [0.29, 0.717) is 6.42 Å². The first-order chi connectivity index (χ1) is 19.9. The highest BCUT2D eigenvalue weighted by atomic mass is 31.2. The van der Waals surface area contributed by atoms with E-state index in [0.717, 1.165) is 141 Å². The molecule has 0 spiro atoms. The molecule has 0 saturated carbocycles. The first-order valence-corrected chi connectivity index (χ1v) is 18.4. The lowest BCUT2D eigenvalue weighted by atomic mass is 9.94. The van der Waals surface area contributed by atoms with Gasteiger partial charge in [-0.2, -0.15) is 0 Å². The summed E-state index contributed by atoms with van der Waals surface area (Å²) in [5.41, 5.74) is 0. The van der Waals surface area contributed by atoms with Gasteiger partial charge < -0.3 is 14.5 Å². The van der Waals surface area contributed by atoms with Gasteiger partial charge in [0.1, 0.15) is 0 Å². The van der Waals surface area contributed by atoms with Crippen LogP contribution in [0.4, 0.5) is 0 Å². The van der Waals surface area contributed by atoms with Crippen LogP contribution in [-0.2, 0) is 18.7 Å². The molecule has 236 valence electrons. The predicted octanol–water partition coefficient (Wildman–Crippen LogP) is 10.5. The molecule has 0 aromatic rings. The second-order valence-corrected chi connectivity index (χ2v) is 13.6. The molecule has 1 aliphatic rings. The molecule has 6 nitrogen and oxygen atoms in total. The summed E-state index contributed by atoms with van der Waals surface area (Å²) in [4.78, 5) is 33.7. The maximum atomic E-state index is 12.9. The van der Waals surface area contributed by atoms with Gasteiger partial charge in [0, 0.05) is 6.42 Å². The first-order valence-electron chi connectivity index (χ1n) is 16.6. The standard InChI is InChI=1S/C34H59O6P/c35-33(36)30-26-22-18-14-10-6-3-5-9-13-17-21-25-29-32-28-24-20-16-12-8-4-1-2-7-11-15-19-23-27-31-41(38,39)40-34(32)37/h1,3-5,7,11,32H,2,6,8-10,12-31H2,(H,35,36)(H,38,39). The van der Waals surface area contributed by atoms with E-state index in [1.165, 1.54) is 0 Å². The van der Waals surface area contributed by atoms with Gasteiger partial charge in [-0.25, -0.2) is 4.57 Å². The van der Waals surface area contributed by atoms with Gasteiger partial charge in [0.25, 0.3) is 0 Å². The quantitative estimate of drug-likeness (QED) is 0.111. The molecule has 2 N–H and O–H groups in total. The number of unbranched alkanes of at least 4 members (excludes halogenated alkanes) is 9. The van der Waals surface area contributed by atoms with Crippen LogP contribution in [0.25, 0.3) is 0 Å². The van der Waals surface area contributed by atoms with Crippen molar-refractivity contribution in [2.24, 2.45) is 5.92 Å². The van der Waals surface area contributed by atoms with Crippen molar-refractivity contribution < 1.29 is 28.7 Å². The van der Waals surface area contributed by atoms with E-state index >= 15 is 0 Å². The zero-order valence-corrected chi connectivity index (χ0v) is 26.6. The second-order valence-electron chi connectivity index (χ2n) is 11.7. The largest absolute Gasteiger partial charge is 0.481 e. The maximum Gasteiger partial charge on any atom is 0.378 e. The van der Waals surface area contributed by atoms with Crippen LogP contribution in [0, 0.1) is 5.92 Å². The van der Waals surface area contributed by atoms with E-state index in [-0.39, 0.29) is 18.5 Å². The third kappa shape index (κ3) is 24.6. The summed E-state index contributed by atoms with van der Waals surface area (Å²) in [5, 5.41) is 8.65. The summed E-state index contributed by atoms with van der Waals surface area (Å²) >= 11 is 0. The monoisotopic (exact) mass is 594 g/mol. The van der Waals surface area contributed by atoms with Crippen LogP contribution in [0.2, 0.25) is 0 Å². The Morgan fingerprint density at radius 2 is 1.34 bits per heavy atom. The molecule has 0 bridgehead atoms. The van der Waals surface area contributed by atoms with Gasteiger partial charge in [-0.3, -0.25) is 9.59 Å². The Hall–Kier alpha value is -1.65. The molecule has 41 heavy (non-hydrogen) atoms. The predicted molar refractivity (Wildman–Crippen MR) is 170 cm³/mol. The summed E-state index contributed by atoms with van der Waals surface area (Å²) in [7, 11) is -3.89. The molecule has 1 heterocycles. The van der Waals surface area contributed by atoms with E-state index in [2.05, 4.69) is 36.5 Å². The summed E-state index contributed by atoms with van der Waals surface area (Å²) in [5.74, 6) is -1.45. The van der Waals surface area contributed by atoms with Crippen molar-refractivity contribution in [3.05, 3.63) is 36.5 Å². The molecular weight excluding hydrogens is 535 g/mol. The van der Waals surface area contributed by atoms with Crippen molar-refractivity contribution in [3.63, 3.8) is 0 Å². The fraction of sp³-hybridized carbons (Fsp3) is 0.765. The second kappa shape index (κ2) is 26.0. The van der Waals surface area contributed by atoms with Crippen LogP contribution in [0.3, 0.4) is 0 Å². The van der Waals surface area contributed by atoms with E-state index < -0.39 is 19.5 Å². The molecule has 1 rings (SSSR count). The maximum absolute atomic E-state index is 12.9. The molecule has 7 heteroatoms. The van der Waals surface area contributed by atoms with Gasteiger partial charge in [0.15, 0.2) is 0 Å². The van der Waals surface area contributed by atoms with Crippen LogP contribution in [0.5, 0.6) is 0 Å². The number of carboxylic acids is 1. The van der Waals surface area contributed by atoms with Gasteiger partial charge in [0.2, 0.25) is 0 Å². The van der Waals surface area contributed by atoms with Crippen LogP contribution >= 0.6 is 7.60 Å². The average Bonchev–Trinajstić information content (AvgIpc) is 2.92. The molecule has 0 aliphatic carbocycles. The van der Waals surface area contributed by atoms with Gasteiger partial charge in [-0.15, -0.1) is 0 Å². The van der Waals surface area contributed by atoms with Crippen molar-refractivity contribution >= 4 is 19.5 Å². The molecule has 1 aliphatic heterocycles. The topological polar surface area (TPSA) is 101 Å². The smallest absolute Gasteiger partial charge is 0.378 e. The average molecular weight is 595 g/mol. The molecular formula is C34H59O6P. The minimum atomic E-state index is -3.89. The highest BCUT2D eigenvalue weighted by molar-refractivity contribution is 7.53. The molecule has 0 amide bonds. The molecule has 0 aromatic carbocycles. The van der Waals surface area contributed by atoms with E-state index in [4.69, 9.17) is 9.63 Å². The lowest BCUT2D eigenvalue weighted by Gasteiger charge is -2.19. The lowest BCUT2D eigenvalue weighted by molar-refractivity contribution is -0.140. The number of hydrogen-bond donors (Lipinski definition) is 2. The fourth-order valence-corrected chi connectivity index (χ4v) is 6.36. The van der Waals surface area contributed by atoms with Crippen molar-refractivity contribution in [1.82, 2.24) is 0 Å². The molecule has 2 atom stereocenters. The molecule has 0 saturated heterocycles. The van der Waals surface area contributed by atoms with Crippen LogP contribution in [-0.4, -0.2) is 28.1 Å². The summed E-state index contributed by atoms with van der Waals surface area (Å²) < 4.78 is 17.8. The van der Waals surface area contributed by atoms with Gasteiger partial charge in [-0.1, -0.05) is 101 Å². The number of hydrogen-bond acceptors (Lipinski definition) is 4. The normalized spacial score (nSPS) is 22.5. The van der Waals surface area contributed by atoms with E-state index in [9.17, 15) is 19.0 Å². The number of carbonyl (C=O) groups excluding carboxylic acids is 1. The Morgan fingerprint density at radius 1 is 0.780 bits per heavy atom. The van der Waals surface area contributed by atoms with E-state index in [1.54, 1.807) is 0 Å². The Kier molecular flexibility index (Phi) is 23.7. The number of rotatable bonds is 15. The van der Waals surface area contributed by atoms with Gasteiger partial charge >= 0.3 is 19.5 Å². The number of carboxylic acid groups (broad SMARTS) is 1. The van der Waals surface area contributed by atoms with Gasteiger partial charge in [-0.05, 0) is 83.5 Å². The third-order valence-electron chi connectivity index (χ3n) is 7.76. The SMILES string of the molecule is O=C(O)CCCCCCCC=CCCCCCCC1CCCCCCC=CCC=CCCCCCP(=O)(O)OC1=O. The number of aliphatic carboxylic acids is 1. The highest BCUT2D eigenvalue weighted by Crippen LogP contribution is 2.44. The lowest BCUT2D eigenvalue weighted by Crippen LogP contribution is -2.18. The zero-order chi connectivity index (χ0) is 29.9. The molecule has 0 fully saturated rings. The number of allylic oxidation sites excluding steroid dienone is 6. The summed E-state index contributed by atoms with van der Waals surface area (Å²) in [6.07, 6.45) is 36.7. The van der Waals surface area contributed by atoms with Crippen LogP contribution in [0.1, 0.15) is 154 Å². The molecule has 0 radical (unpaired) electrons. The summed E-state index contributed by atoms with van der Waals surface area (Å²) in [6, 6.07) is 0. The van der Waals surface area contributed by atoms with Crippen LogP contribution in [0.15, 0.2) is 36.5 Å². The Balaban J connectivity index is 2.31. The number of carbonyl (C=O) groups is 2. The van der Waals surface area contributed by atoms with Crippen LogP contribution < -0.4 is 0 Å². The first kappa shape index (κ1) is 37.4. The summed E-state index contributed by atoms with van der Waals surface area (Å²) in [6.45, 7) is 0. The zero-order valence-electron chi connectivity index (χ0n) is 25.7. The third-order valence-corrected chi connectivity index (χ3v) is 9.10. The highest BCUT2D eigenvalue weighted by Gasteiger charge is 2.28. The van der Waals surface area contributed by atoms with Crippen molar-refractivity contribution in [2.45, 2.75) is 154 Å². The Bertz CT molecular complexity index is 803. The van der Waals surface area contributed by atoms with E-state index in [1.807, 2.05) is 0 Å². The molecule has 0 aromatic heterocycles. The minimum absolute atomic E-state index is 0.0538. The van der Waals surface area contributed by atoms with Crippen molar-refractivity contribution in [3.8, 4) is 0 Å². The fourth-order valence-electron chi connectivity index (χ4n) is 5.22. The van der Waals surface area contributed by atoms with Crippen molar-refractivity contribution in [1.29, 1.82) is 0 Å². The minimum Gasteiger partial charge on any atom is -0.481 e. The Morgan fingerprint density at radius 3 is 2.00 bits per heavy atom. The molecule has 2 unspecified atom stereocenters. The Labute approximate surface area is 250 Å².